The fourth-order valence-electron chi connectivity index (χ4n) is 3.74. The van der Waals surface area contributed by atoms with Crippen LogP contribution in [-0.2, 0) is 22.3 Å². The molecule has 0 atom stereocenters. The van der Waals surface area contributed by atoms with Gasteiger partial charge >= 0.3 is 0 Å². The molecule has 152 valence electrons. The van der Waals surface area contributed by atoms with Gasteiger partial charge in [-0.25, -0.2) is 13.1 Å². The molecule has 0 unspecified atom stereocenters. The van der Waals surface area contributed by atoms with Gasteiger partial charge in [0.2, 0.25) is 10.0 Å². The summed E-state index contributed by atoms with van der Waals surface area (Å²) in [6.45, 7) is 5.54. The van der Waals surface area contributed by atoms with Crippen molar-refractivity contribution in [1.29, 1.82) is 0 Å². The lowest BCUT2D eigenvalue weighted by atomic mass is 9.97. The van der Waals surface area contributed by atoms with Crippen LogP contribution in [0.2, 0.25) is 0 Å². The molecule has 0 saturated carbocycles. The van der Waals surface area contributed by atoms with Crippen LogP contribution >= 0.6 is 11.8 Å². The average molecular weight is 419 g/mol. The molecule has 6 heteroatoms. The average Bonchev–Trinajstić information content (AvgIpc) is 2.68. The van der Waals surface area contributed by atoms with Crippen molar-refractivity contribution in [2.75, 3.05) is 25.9 Å². The number of benzene rings is 2. The molecule has 0 radical (unpaired) electrons. The first-order valence-electron chi connectivity index (χ1n) is 9.82. The minimum absolute atomic E-state index is 0.0546. The number of aryl methyl sites for hydroxylation is 1. The normalized spacial score (nSPS) is 16.4. The minimum atomic E-state index is -3.29. The highest BCUT2D eigenvalue weighted by Crippen LogP contribution is 2.24. The molecule has 1 saturated heterocycles. The second-order valence-corrected chi connectivity index (χ2v) is 10.3. The van der Waals surface area contributed by atoms with Crippen molar-refractivity contribution in [3.05, 3.63) is 65.2 Å². The summed E-state index contributed by atoms with van der Waals surface area (Å²) in [4.78, 5) is 3.82. The van der Waals surface area contributed by atoms with Crippen molar-refractivity contribution in [3.8, 4) is 0 Å². The Kier molecular flexibility index (Phi) is 7.57. The third kappa shape index (κ3) is 6.34. The molecular weight excluding hydrogens is 388 g/mol. The van der Waals surface area contributed by atoms with Crippen LogP contribution in [0, 0.1) is 12.8 Å². The van der Waals surface area contributed by atoms with E-state index in [9.17, 15) is 8.42 Å². The number of piperidine rings is 1. The smallest absolute Gasteiger partial charge is 0.215 e. The Morgan fingerprint density at radius 2 is 1.86 bits per heavy atom. The fourth-order valence-corrected chi connectivity index (χ4v) is 5.56. The largest absolute Gasteiger partial charge is 0.299 e. The van der Waals surface area contributed by atoms with Crippen LogP contribution < -0.4 is 4.72 Å². The predicted molar refractivity (Wildman–Crippen MR) is 118 cm³/mol. The summed E-state index contributed by atoms with van der Waals surface area (Å²) in [5.41, 5.74) is 3.31. The van der Waals surface area contributed by atoms with Gasteiger partial charge in [0.15, 0.2) is 0 Å². The lowest BCUT2D eigenvalue weighted by Gasteiger charge is -2.32. The molecule has 0 bridgehead atoms. The number of likely N-dealkylation sites (tertiary alicyclic amines) is 1. The summed E-state index contributed by atoms with van der Waals surface area (Å²) in [5.74, 6) is 0.471. The Balaban J connectivity index is 1.45. The van der Waals surface area contributed by atoms with Gasteiger partial charge in [0.05, 0.1) is 5.75 Å². The van der Waals surface area contributed by atoms with E-state index in [0.29, 0.717) is 12.5 Å². The molecule has 28 heavy (non-hydrogen) atoms. The zero-order valence-electron chi connectivity index (χ0n) is 16.7. The van der Waals surface area contributed by atoms with Gasteiger partial charge in [-0.15, -0.1) is 11.8 Å². The van der Waals surface area contributed by atoms with Crippen molar-refractivity contribution in [2.45, 2.75) is 37.0 Å². The van der Waals surface area contributed by atoms with E-state index in [-0.39, 0.29) is 5.75 Å². The van der Waals surface area contributed by atoms with E-state index in [0.717, 1.165) is 43.6 Å². The Hall–Kier alpha value is -1.34. The molecule has 3 rings (SSSR count). The van der Waals surface area contributed by atoms with Crippen molar-refractivity contribution in [1.82, 2.24) is 9.62 Å². The van der Waals surface area contributed by atoms with Gasteiger partial charge < -0.3 is 0 Å². The topological polar surface area (TPSA) is 49.4 Å². The minimum Gasteiger partial charge on any atom is -0.299 e. The Morgan fingerprint density at radius 1 is 1.11 bits per heavy atom. The van der Waals surface area contributed by atoms with Crippen molar-refractivity contribution in [2.24, 2.45) is 5.92 Å². The Bertz CT molecular complexity index is 876. The molecule has 2 aromatic rings. The first-order chi connectivity index (χ1) is 13.4. The van der Waals surface area contributed by atoms with E-state index in [4.69, 9.17) is 0 Å². The molecule has 1 heterocycles. The van der Waals surface area contributed by atoms with E-state index < -0.39 is 10.0 Å². The number of hydrogen-bond acceptors (Lipinski definition) is 4. The van der Waals surface area contributed by atoms with Gasteiger partial charge in [-0.05, 0) is 62.2 Å². The highest BCUT2D eigenvalue weighted by Gasteiger charge is 2.22. The zero-order chi connectivity index (χ0) is 20.0. The molecule has 2 aromatic carbocycles. The van der Waals surface area contributed by atoms with Crippen LogP contribution in [-0.4, -0.2) is 39.2 Å². The third-order valence-corrected chi connectivity index (χ3v) is 7.48. The van der Waals surface area contributed by atoms with E-state index in [2.05, 4.69) is 40.1 Å². The molecule has 0 aromatic heterocycles. The fraction of sp³-hybridized carbons (Fsp3) is 0.455. The van der Waals surface area contributed by atoms with Gasteiger partial charge in [0.1, 0.15) is 0 Å². The van der Waals surface area contributed by atoms with Gasteiger partial charge in [0, 0.05) is 18.0 Å². The number of nitrogens with zero attached hydrogens (tertiary/aromatic N) is 1. The van der Waals surface area contributed by atoms with Crippen molar-refractivity contribution >= 4 is 21.8 Å². The van der Waals surface area contributed by atoms with Crippen molar-refractivity contribution in [3.63, 3.8) is 0 Å². The maximum Gasteiger partial charge on any atom is 0.215 e. The van der Waals surface area contributed by atoms with Crippen LogP contribution in [0.4, 0.5) is 0 Å². The molecule has 1 aliphatic rings. The number of nitrogens with one attached hydrogen (secondary N) is 1. The number of thioether (sulfide) groups is 1. The highest BCUT2D eigenvalue weighted by molar-refractivity contribution is 7.98. The molecule has 0 aliphatic carbocycles. The summed E-state index contributed by atoms with van der Waals surface area (Å²) >= 11 is 1.79. The standard InChI is InChI=1S/C22H30N2O2S2/c1-18-6-5-7-20(14-18)17-28(25,26)23-15-19-10-12-24(13-11-19)16-21-8-3-4-9-22(21)27-2/h3-9,14,19,23H,10-13,15-17H2,1-2H3. The quantitative estimate of drug-likeness (QED) is 0.657. The number of rotatable bonds is 8. The van der Waals surface area contributed by atoms with Crippen LogP contribution in [0.15, 0.2) is 53.4 Å². The van der Waals surface area contributed by atoms with Crippen molar-refractivity contribution < 1.29 is 8.42 Å². The van der Waals surface area contributed by atoms with E-state index in [1.165, 1.54) is 10.5 Å². The Morgan fingerprint density at radius 3 is 2.57 bits per heavy atom. The summed E-state index contributed by atoms with van der Waals surface area (Å²) in [6, 6.07) is 16.3. The number of hydrogen-bond donors (Lipinski definition) is 1. The monoisotopic (exact) mass is 418 g/mol. The van der Waals surface area contributed by atoms with Crippen LogP contribution in [0.1, 0.15) is 29.5 Å². The van der Waals surface area contributed by atoms with E-state index >= 15 is 0 Å². The molecule has 0 amide bonds. The zero-order valence-corrected chi connectivity index (χ0v) is 18.4. The molecule has 1 aliphatic heterocycles. The first-order valence-corrected chi connectivity index (χ1v) is 12.7. The lowest BCUT2D eigenvalue weighted by Crippen LogP contribution is -2.38. The molecule has 4 nitrogen and oxygen atoms in total. The second kappa shape index (κ2) is 9.92. The van der Waals surface area contributed by atoms with Gasteiger partial charge in [-0.3, -0.25) is 4.90 Å². The summed E-state index contributed by atoms with van der Waals surface area (Å²) in [6.07, 6.45) is 4.19. The summed E-state index contributed by atoms with van der Waals surface area (Å²) in [7, 11) is -3.29. The molecular formula is C22H30N2O2S2. The summed E-state index contributed by atoms with van der Waals surface area (Å²) in [5, 5.41) is 0. The van der Waals surface area contributed by atoms with Gasteiger partial charge in [-0.2, -0.15) is 0 Å². The summed E-state index contributed by atoms with van der Waals surface area (Å²) < 4.78 is 27.6. The third-order valence-electron chi connectivity index (χ3n) is 5.32. The maximum atomic E-state index is 12.4. The van der Waals surface area contributed by atoms with Gasteiger partial charge in [-0.1, -0.05) is 48.0 Å². The van der Waals surface area contributed by atoms with Crippen LogP contribution in [0.25, 0.3) is 0 Å². The predicted octanol–water partition coefficient (Wildman–Crippen LogP) is 4.05. The lowest BCUT2D eigenvalue weighted by molar-refractivity contribution is 0.177. The maximum absolute atomic E-state index is 12.4. The Labute approximate surface area is 173 Å². The SMILES string of the molecule is CSc1ccccc1CN1CCC(CNS(=O)(=O)Cc2cccc(C)c2)CC1. The van der Waals surface area contributed by atoms with Gasteiger partial charge in [0.25, 0.3) is 0 Å². The molecule has 1 fully saturated rings. The van der Waals surface area contributed by atoms with E-state index in [1.54, 1.807) is 11.8 Å². The molecule has 0 spiro atoms. The molecule has 1 N–H and O–H groups in total. The number of sulfonamides is 1. The highest BCUT2D eigenvalue weighted by atomic mass is 32.2. The van der Waals surface area contributed by atoms with Crippen LogP contribution in [0.3, 0.4) is 0 Å². The first kappa shape index (κ1) is 21.4. The second-order valence-electron chi connectivity index (χ2n) is 7.63. The van der Waals surface area contributed by atoms with E-state index in [1.807, 2.05) is 31.2 Å². The van der Waals surface area contributed by atoms with Crippen LogP contribution in [0.5, 0.6) is 0 Å².